The van der Waals surface area contributed by atoms with Crippen LogP contribution in [0.4, 0.5) is 0 Å². The van der Waals surface area contributed by atoms with Crippen molar-refractivity contribution in [3.63, 3.8) is 0 Å². The molecule has 1 aliphatic rings. The van der Waals surface area contributed by atoms with E-state index in [-0.39, 0.29) is 17.7 Å². The number of nitrogens with one attached hydrogen (secondary N) is 2. The van der Waals surface area contributed by atoms with Gasteiger partial charge in [-0.05, 0) is 25.2 Å². The fourth-order valence-corrected chi connectivity index (χ4v) is 1.61. The summed E-state index contributed by atoms with van der Waals surface area (Å²) in [5.74, 6) is 0.587. The molecule has 0 spiro atoms. The molecule has 1 fully saturated rings. The normalized spacial score (nSPS) is 16.7. The Labute approximate surface area is 103 Å². The first kappa shape index (κ1) is 14.0. The lowest BCUT2D eigenvalue weighted by Gasteiger charge is -2.14. The van der Waals surface area contributed by atoms with Crippen LogP contribution in [0.15, 0.2) is 0 Å². The van der Waals surface area contributed by atoms with Gasteiger partial charge in [-0.25, -0.2) is 0 Å². The molecule has 1 rings (SSSR count). The molecule has 0 saturated heterocycles. The molecule has 1 atom stereocenters. The molecule has 5 nitrogen and oxygen atoms in total. The van der Waals surface area contributed by atoms with Crippen molar-refractivity contribution in [3.05, 3.63) is 0 Å². The number of rotatable bonds is 7. The van der Waals surface area contributed by atoms with E-state index in [2.05, 4.69) is 10.6 Å². The lowest BCUT2D eigenvalue weighted by Crippen LogP contribution is -2.44. The summed E-state index contributed by atoms with van der Waals surface area (Å²) >= 11 is 0. The topological polar surface area (TPSA) is 84.2 Å². The molecule has 0 aromatic rings. The molecule has 2 amide bonds. The van der Waals surface area contributed by atoms with Gasteiger partial charge in [-0.1, -0.05) is 13.8 Å². The van der Waals surface area contributed by atoms with Crippen LogP contribution in [-0.4, -0.2) is 30.9 Å². The third kappa shape index (κ3) is 5.68. The first-order valence-electron chi connectivity index (χ1n) is 6.31. The molecule has 1 aliphatic carbocycles. The van der Waals surface area contributed by atoms with E-state index in [0.717, 1.165) is 12.8 Å². The zero-order valence-corrected chi connectivity index (χ0v) is 10.7. The molecule has 0 aromatic carbocycles. The summed E-state index contributed by atoms with van der Waals surface area (Å²) in [6, 6.07) is -0.450. The molecule has 0 heterocycles. The Balaban J connectivity index is 2.04. The number of amides is 2. The molecule has 0 radical (unpaired) electrons. The van der Waals surface area contributed by atoms with Gasteiger partial charge in [0.15, 0.2) is 0 Å². The maximum Gasteiger partial charge on any atom is 0.236 e. The first-order chi connectivity index (χ1) is 8.00. The highest BCUT2D eigenvalue weighted by atomic mass is 16.2. The number of hydrogen-bond acceptors (Lipinski definition) is 3. The fraction of sp³-hybridized carbons (Fsp3) is 0.833. The van der Waals surface area contributed by atoms with Gasteiger partial charge in [-0.2, -0.15) is 0 Å². The van der Waals surface area contributed by atoms with Gasteiger partial charge in [0, 0.05) is 19.0 Å². The standard InChI is InChI=1S/C12H23N3O2/c1-8(2)7-10(13)12(17)15-6-5-14-11(16)9-3-4-9/h8-10H,3-7,13H2,1-2H3,(H,14,16)(H,15,17)/t10-/m1/s1. The third-order valence-electron chi connectivity index (χ3n) is 2.73. The van der Waals surface area contributed by atoms with Crippen molar-refractivity contribution in [1.29, 1.82) is 0 Å². The molecular formula is C12H23N3O2. The van der Waals surface area contributed by atoms with Crippen LogP contribution >= 0.6 is 0 Å². The zero-order valence-electron chi connectivity index (χ0n) is 10.7. The van der Waals surface area contributed by atoms with Crippen LogP contribution in [-0.2, 0) is 9.59 Å². The fourth-order valence-electron chi connectivity index (χ4n) is 1.61. The Morgan fingerprint density at radius 2 is 1.82 bits per heavy atom. The van der Waals surface area contributed by atoms with Crippen molar-refractivity contribution in [3.8, 4) is 0 Å². The van der Waals surface area contributed by atoms with Crippen LogP contribution in [0.1, 0.15) is 33.1 Å². The van der Waals surface area contributed by atoms with Gasteiger partial charge >= 0.3 is 0 Å². The van der Waals surface area contributed by atoms with E-state index in [0.29, 0.717) is 25.4 Å². The van der Waals surface area contributed by atoms with Crippen LogP contribution < -0.4 is 16.4 Å². The lowest BCUT2D eigenvalue weighted by molar-refractivity contribution is -0.124. The third-order valence-corrected chi connectivity index (χ3v) is 2.73. The summed E-state index contributed by atoms with van der Waals surface area (Å²) < 4.78 is 0. The maximum absolute atomic E-state index is 11.5. The summed E-state index contributed by atoms with van der Waals surface area (Å²) in [7, 11) is 0. The van der Waals surface area contributed by atoms with E-state index in [1.807, 2.05) is 13.8 Å². The van der Waals surface area contributed by atoms with Gasteiger partial charge in [0.25, 0.3) is 0 Å². The largest absolute Gasteiger partial charge is 0.354 e. The minimum absolute atomic E-state index is 0.103. The molecule has 4 N–H and O–H groups in total. The van der Waals surface area contributed by atoms with Gasteiger partial charge < -0.3 is 16.4 Å². The molecule has 17 heavy (non-hydrogen) atoms. The van der Waals surface area contributed by atoms with Crippen LogP contribution in [0.5, 0.6) is 0 Å². The van der Waals surface area contributed by atoms with Crippen molar-refractivity contribution >= 4 is 11.8 Å². The molecule has 0 bridgehead atoms. The Hall–Kier alpha value is -1.10. The van der Waals surface area contributed by atoms with Crippen molar-refractivity contribution in [2.45, 2.75) is 39.2 Å². The highest BCUT2D eigenvalue weighted by Gasteiger charge is 2.29. The second-order valence-corrected chi connectivity index (χ2v) is 5.09. The second kappa shape index (κ2) is 6.59. The summed E-state index contributed by atoms with van der Waals surface area (Å²) in [6.45, 7) is 4.99. The zero-order chi connectivity index (χ0) is 12.8. The van der Waals surface area contributed by atoms with Gasteiger partial charge in [0.2, 0.25) is 11.8 Å². The Kier molecular flexibility index (Phi) is 5.41. The highest BCUT2D eigenvalue weighted by Crippen LogP contribution is 2.28. The number of hydrogen-bond donors (Lipinski definition) is 3. The molecular weight excluding hydrogens is 218 g/mol. The lowest BCUT2D eigenvalue weighted by atomic mass is 10.0. The van der Waals surface area contributed by atoms with E-state index >= 15 is 0 Å². The van der Waals surface area contributed by atoms with Crippen molar-refractivity contribution in [2.24, 2.45) is 17.6 Å². The monoisotopic (exact) mass is 241 g/mol. The molecule has 0 aliphatic heterocycles. The molecule has 0 aromatic heterocycles. The molecule has 5 heteroatoms. The van der Waals surface area contributed by atoms with E-state index in [4.69, 9.17) is 5.73 Å². The average Bonchev–Trinajstić information content (AvgIpc) is 3.06. The van der Waals surface area contributed by atoms with Gasteiger partial charge in [-0.15, -0.1) is 0 Å². The van der Waals surface area contributed by atoms with Crippen LogP contribution in [0, 0.1) is 11.8 Å². The van der Waals surface area contributed by atoms with Crippen LogP contribution in [0.3, 0.4) is 0 Å². The number of nitrogens with two attached hydrogens (primary N) is 1. The molecule has 0 unspecified atom stereocenters. The maximum atomic E-state index is 11.5. The van der Waals surface area contributed by atoms with Crippen molar-refractivity contribution in [1.82, 2.24) is 10.6 Å². The predicted molar refractivity (Wildman–Crippen MR) is 66.2 cm³/mol. The quantitative estimate of drug-likeness (QED) is 0.549. The first-order valence-corrected chi connectivity index (χ1v) is 6.31. The van der Waals surface area contributed by atoms with Crippen LogP contribution in [0.25, 0.3) is 0 Å². The van der Waals surface area contributed by atoms with E-state index in [9.17, 15) is 9.59 Å². The summed E-state index contributed by atoms with van der Waals surface area (Å²) in [4.78, 5) is 22.8. The number of carbonyl (C=O) groups is 2. The van der Waals surface area contributed by atoms with Gasteiger partial charge in [0.1, 0.15) is 0 Å². The summed E-state index contributed by atoms with van der Waals surface area (Å²) in [6.07, 6.45) is 2.68. The Morgan fingerprint density at radius 1 is 1.24 bits per heavy atom. The van der Waals surface area contributed by atoms with Gasteiger partial charge in [0.05, 0.1) is 6.04 Å². The van der Waals surface area contributed by atoms with E-state index < -0.39 is 6.04 Å². The predicted octanol–water partition coefficient (Wildman–Crippen LogP) is 0.00220. The number of carbonyl (C=O) groups excluding carboxylic acids is 2. The van der Waals surface area contributed by atoms with Crippen molar-refractivity contribution in [2.75, 3.05) is 13.1 Å². The Morgan fingerprint density at radius 3 is 2.35 bits per heavy atom. The van der Waals surface area contributed by atoms with E-state index in [1.165, 1.54) is 0 Å². The highest BCUT2D eigenvalue weighted by molar-refractivity contribution is 5.82. The van der Waals surface area contributed by atoms with Crippen molar-refractivity contribution < 1.29 is 9.59 Å². The average molecular weight is 241 g/mol. The Bertz CT molecular complexity index is 275. The minimum Gasteiger partial charge on any atom is -0.354 e. The minimum atomic E-state index is -0.450. The summed E-state index contributed by atoms with van der Waals surface area (Å²) in [5, 5.41) is 5.51. The molecule has 1 saturated carbocycles. The van der Waals surface area contributed by atoms with Gasteiger partial charge in [-0.3, -0.25) is 9.59 Å². The van der Waals surface area contributed by atoms with Crippen LogP contribution in [0.2, 0.25) is 0 Å². The summed E-state index contributed by atoms with van der Waals surface area (Å²) in [5.41, 5.74) is 5.72. The smallest absolute Gasteiger partial charge is 0.236 e. The molecule has 98 valence electrons. The SMILES string of the molecule is CC(C)C[C@@H](N)C(=O)NCCNC(=O)C1CC1. The van der Waals surface area contributed by atoms with E-state index in [1.54, 1.807) is 0 Å². The second-order valence-electron chi connectivity index (χ2n) is 5.09.